The van der Waals surface area contributed by atoms with Crippen molar-refractivity contribution in [2.75, 3.05) is 20.2 Å². The van der Waals surface area contributed by atoms with Crippen molar-refractivity contribution in [3.8, 4) is 0 Å². The highest BCUT2D eigenvalue weighted by Gasteiger charge is 1.99. The van der Waals surface area contributed by atoms with Crippen molar-refractivity contribution in [1.82, 2.24) is 5.32 Å². The van der Waals surface area contributed by atoms with Crippen molar-refractivity contribution < 1.29 is 9.53 Å². The first-order chi connectivity index (χ1) is 5.31. The summed E-state index contributed by atoms with van der Waals surface area (Å²) in [4.78, 5) is 10.8. The summed E-state index contributed by atoms with van der Waals surface area (Å²) in [5.74, 6) is -0.104. The minimum atomic E-state index is -0.104. The van der Waals surface area contributed by atoms with Gasteiger partial charge in [-0.2, -0.15) is 0 Å². The minimum absolute atomic E-state index is 0.104. The molecule has 0 spiro atoms. The van der Waals surface area contributed by atoms with Crippen LogP contribution < -0.4 is 5.32 Å². The Labute approximate surface area is 68.1 Å². The fraction of sp³-hybridized carbons (Fsp3) is 0.875. The molecule has 0 aromatic rings. The number of unbranched alkanes of at least 4 members (excludes halogenated alkanes) is 1. The van der Waals surface area contributed by atoms with Gasteiger partial charge in [0.1, 0.15) is 0 Å². The molecule has 0 fully saturated rings. The van der Waals surface area contributed by atoms with Gasteiger partial charge in [0, 0.05) is 6.54 Å². The lowest BCUT2D eigenvalue weighted by atomic mass is 10.3. The molecular weight excluding hydrogens is 142 g/mol. The Bertz CT molecular complexity index is 104. The zero-order valence-electron chi connectivity index (χ0n) is 7.35. The number of carbonyl (C=O) groups is 1. The molecule has 0 aliphatic heterocycles. The van der Waals surface area contributed by atoms with Crippen LogP contribution >= 0.6 is 0 Å². The molecule has 0 saturated carbocycles. The Balaban J connectivity index is 3.09. The molecule has 0 rings (SSSR count). The molecule has 0 amide bonds. The van der Waals surface area contributed by atoms with Crippen molar-refractivity contribution in [2.24, 2.45) is 0 Å². The van der Waals surface area contributed by atoms with E-state index in [0.717, 1.165) is 12.8 Å². The molecule has 66 valence electrons. The molecule has 3 heteroatoms. The van der Waals surface area contributed by atoms with Gasteiger partial charge >= 0.3 is 5.97 Å². The number of rotatable bonds is 6. The van der Waals surface area contributed by atoms with E-state index < -0.39 is 0 Å². The van der Waals surface area contributed by atoms with Crippen LogP contribution in [0, 0.1) is 0 Å². The van der Waals surface area contributed by atoms with Crippen LogP contribution in [0.5, 0.6) is 0 Å². The summed E-state index contributed by atoms with van der Waals surface area (Å²) < 4.78 is 4.91. The lowest BCUT2D eigenvalue weighted by molar-refractivity contribution is -0.143. The Hall–Kier alpha value is -0.570. The summed E-state index contributed by atoms with van der Waals surface area (Å²) in [7, 11) is 1.82. The second-order valence-electron chi connectivity index (χ2n) is 2.43. The van der Waals surface area contributed by atoms with Crippen molar-refractivity contribution >= 4 is 5.97 Å². The topological polar surface area (TPSA) is 38.3 Å². The SMILES string of the molecule is CCCCOC(=O)CCNC. The molecular formula is C8H17NO2. The Kier molecular flexibility index (Phi) is 7.15. The largest absolute Gasteiger partial charge is 0.466 e. The van der Waals surface area contributed by atoms with E-state index in [1.807, 2.05) is 7.05 Å². The smallest absolute Gasteiger partial charge is 0.307 e. The fourth-order valence-corrected chi connectivity index (χ4v) is 0.630. The van der Waals surface area contributed by atoms with Crippen molar-refractivity contribution in [2.45, 2.75) is 26.2 Å². The van der Waals surface area contributed by atoms with E-state index >= 15 is 0 Å². The van der Waals surface area contributed by atoms with E-state index in [9.17, 15) is 4.79 Å². The van der Waals surface area contributed by atoms with Gasteiger partial charge in [-0.05, 0) is 13.5 Å². The Morgan fingerprint density at radius 1 is 1.55 bits per heavy atom. The van der Waals surface area contributed by atoms with E-state index in [-0.39, 0.29) is 5.97 Å². The number of carbonyl (C=O) groups excluding carboxylic acids is 1. The van der Waals surface area contributed by atoms with Gasteiger partial charge in [-0.25, -0.2) is 0 Å². The average Bonchev–Trinajstić information content (AvgIpc) is 2.01. The average molecular weight is 159 g/mol. The molecule has 0 bridgehead atoms. The summed E-state index contributed by atoms with van der Waals surface area (Å²) >= 11 is 0. The maximum atomic E-state index is 10.8. The molecule has 0 saturated heterocycles. The van der Waals surface area contributed by atoms with Gasteiger partial charge in [-0.15, -0.1) is 0 Å². The van der Waals surface area contributed by atoms with Crippen LogP contribution in [0.15, 0.2) is 0 Å². The summed E-state index contributed by atoms with van der Waals surface area (Å²) in [6, 6.07) is 0. The van der Waals surface area contributed by atoms with Gasteiger partial charge in [-0.3, -0.25) is 4.79 Å². The Morgan fingerprint density at radius 2 is 2.27 bits per heavy atom. The zero-order valence-corrected chi connectivity index (χ0v) is 7.35. The van der Waals surface area contributed by atoms with Crippen molar-refractivity contribution in [1.29, 1.82) is 0 Å². The first-order valence-electron chi connectivity index (χ1n) is 4.11. The molecule has 0 aliphatic carbocycles. The normalized spacial score (nSPS) is 9.64. The van der Waals surface area contributed by atoms with Gasteiger partial charge in [-0.1, -0.05) is 13.3 Å². The highest BCUT2D eigenvalue weighted by molar-refractivity contribution is 5.69. The van der Waals surface area contributed by atoms with Gasteiger partial charge < -0.3 is 10.1 Å². The van der Waals surface area contributed by atoms with E-state index in [1.165, 1.54) is 0 Å². The predicted molar refractivity (Wildman–Crippen MR) is 44.4 cm³/mol. The van der Waals surface area contributed by atoms with E-state index in [2.05, 4.69) is 12.2 Å². The minimum Gasteiger partial charge on any atom is -0.466 e. The molecule has 11 heavy (non-hydrogen) atoms. The van der Waals surface area contributed by atoms with E-state index in [1.54, 1.807) is 0 Å². The summed E-state index contributed by atoms with van der Waals surface area (Å²) in [5.41, 5.74) is 0. The van der Waals surface area contributed by atoms with Crippen LogP contribution in [0.3, 0.4) is 0 Å². The maximum absolute atomic E-state index is 10.8. The lowest BCUT2D eigenvalue weighted by Crippen LogP contribution is -2.15. The molecule has 0 radical (unpaired) electrons. The van der Waals surface area contributed by atoms with Crippen LogP contribution in [0.1, 0.15) is 26.2 Å². The third-order valence-corrected chi connectivity index (χ3v) is 1.34. The maximum Gasteiger partial charge on any atom is 0.307 e. The van der Waals surface area contributed by atoms with Gasteiger partial charge in [0.15, 0.2) is 0 Å². The molecule has 0 aromatic heterocycles. The van der Waals surface area contributed by atoms with Crippen molar-refractivity contribution in [3.63, 3.8) is 0 Å². The van der Waals surface area contributed by atoms with Crippen LogP contribution in [-0.4, -0.2) is 26.2 Å². The molecule has 0 heterocycles. The van der Waals surface area contributed by atoms with Crippen LogP contribution in [0.2, 0.25) is 0 Å². The number of ether oxygens (including phenoxy) is 1. The van der Waals surface area contributed by atoms with E-state index in [0.29, 0.717) is 19.6 Å². The summed E-state index contributed by atoms with van der Waals surface area (Å²) in [6.07, 6.45) is 2.50. The zero-order chi connectivity index (χ0) is 8.53. The standard InChI is InChI=1S/C8H17NO2/c1-3-4-7-11-8(10)5-6-9-2/h9H,3-7H2,1-2H3. The number of hydrogen-bond donors (Lipinski definition) is 1. The highest BCUT2D eigenvalue weighted by Crippen LogP contribution is 1.90. The molecule has 0 aromatic carbocycles. The fourth-order valence-electron chi connectivity index (χ4n) is 0.630. The van der Waals surface area contributed by atoms with Gasteiger partial charge in [0.05, 0.1) is 13.0 Å². The Morgan fingerprint density at radius 3 is 2.82 bits per heavy atom. The van der Waals surface area contributed by atoms with Crippen molar-refractivity contribution in [3.05, 3.63) is 0 Å². The van der Waals surface area contributed by atoms with Crippen LogP contribution in [0.25, 0.3) is 0 Å². The molecule has 1 N–H and O–H groups in total. The monoisotopic (exact) mass is 159 g/mol. The predicted octanol–water partition coefficient (Wildman–Crippen LogP) is 0.939. The quantitative estimate of drug-likeness (QED) is 0.463. The number of esters is 1. The third kappa shape index (κ3) is 7.33. The lowest BCUT2D eigenvalue weighted by Gasteiger charge is -2.02. The van der Waals surface area contributed by atoms with Crippen LogP contribution in [0.4, 0.5) is 0 Å². The first-order valence-corrected chi connectivity index (χ1v) is 4.11. The van der Waals surface area contributed by atoms with E-state index in [4.69, 9.17) is 4.74 Å². The second kappa shape index (κ2) is 7.54. The van der Waals surface area contributed by atoms with Gasteiger partial charge in [0.25, 0.3) is 0 Å². The molecule has 0 atom stereocenters. The molecule has 0 aliphatic rings. The van der Waals surface area contributed by atoms with Gasteiger partial charge in [0.2, 0.25) is 0 Å². The number of nitrogens with one attached hydrogen (secondary N) is 1. The first kappa shape index (κ1) is 10.4. The number of hydrogen-bond acceptors (Lipinski definition) is 3. The van der Waals surface area contributed by atoms with Crippen LogP contribution in [-0.2, 0) is 9.53 Å². The summed E-state index contributed by atoms with van der Waals surface area (Å²) in [6.45, 7) is 3.34. The highest BCUT2D eigenvalue weighted by atomic mass is 16.5. The second-order valence-corrected chi connectivity index (χ2v) is 2.43. The molecule has 3 nitrogen and oxygen atoms in total. The molecule has 0 unspecified atom stereocenters. The summed E-state index contributed by atoms with van der Waals surface area (Å²) in [5, 5.41) is 2.89. The third-order valence-electron chi connectivity index (χ3n) is 1.34.